The first-order valence-corrected chi connectivity index (χ1v) is 10.2. The summed E-state index contributed by atoms with van der Waals surface area (Å²) in [5.74, 6) is 0.554. The van der Waals surface area contributed by atoms with Gasteiger partial charge in [0.05, 0.1) is 11.7 Å². The van der Waals surface area contributed by atoms with Crippen LogP contribution < -0.4 is 10.9 Å². The van der Waals surface area contributed by atoms with Crippen LogP contribution >= 0.6 is 11.3 Å². The second-order valence-electron chi connectivity index (χ2n) is 7.12. The average Bonchev–Trinajstić information content (AvgIpc) is 2.95. The SMILES string of the molecule is CCCCCCNC(=O)Cn1cnc2sc3c(c2c1=O)CC[C@@H](C)C3. The lowest BCUT2D eigenvalue weighted by Gasteiger charge is -2.17. The van der Waals surface area contributed by atoms with Crippen LogP contribution in [0.2, 0.25) is 0 Å². The number of aryl methyl sites for hydroxylation is 1. The first kappa shape index (κ1) is 18.1. The molecular formula is C19H27N3O2S. The van der Waals surface area contributed by atoms with Crippen LogP contribution in [0.25, 0.3) is 10.2 Å². The Morgan fingerprint density at radius 3 is 3.04 bits per heavy atom. The van der Waals surface area contributed by atoms with Crippen LogP contribution in [0.5, 0.6) is 0 Å². The molecule has 0 saturated carbocycles. The lowest BCUT2D eigenvalue weighted by Crippen LogP contribution is -2.33. The van der Waals surface area contributed by atoms with Crippen molar-refractivity contribution in [3.63, 3.8) is 0 Å². The predicted octanol–water partition coefficient (Wildman–Crippen LogP) is 3.28. The first-order chi connectivity index (χ1) is 12.1. The molecule has 0 bridgehead atoms. The van der Waals surface area contributed by atoms with Crippen LogP contribution in [0.1, 0.15) is 56.4 Å². The third-order valence-electron chi connectivity index (χ3n) is 4.95. The Labute approximate surface area is 152 Å². The van der Waals surface area contributed by atoms with Crippen molar-refractivity contribution in [3.05, 3.63) is 27.1 Å². The van der Waals surface area contributed by atoms with Gasteiger partial charge < -0.3 is 5.32 Å². The number of hydrogen-bond donors (Lipinski definition) is 1. The molecule has 2 heterocycles. The molecule has 1 aliphatic rings. The Kier molecular flexibility index (Phi) is 5.89. The molecule has 1 amide bonds. The molecule has 6 heteroatoms. The molecule has 0 aromatic carbocycles. The van der Waals surface area contributed by atoms with Gasteiger partial charge in [-0.15, -0.1) is 11.3 Å². The van der Waals surface area contributed by atoms with E-state index in [9.17, 15) is 9.59 Å². The molecule has 2 aromatic heterocycles. The summed E-state index contributed by atoms with van der Waals surface area (Å²) in [6, 6.07) is 0. The van der Waals surface area contributed by atoms with Gasteiger partial charge in [-0.3, -0.25) is 14.2 Å². The van der Waals surface area contributed by atoms with Gasteiger partial charge in [0.1, 0.15) is 11.4 Å². The molecule has 0 saturated heterocycles. The quantitative estimate of drug-likeness (QED) is 0.770. The maximum absolute atomic E-state index is 12.8. The van der Waals surface area contributed by atoms with Gasteiger partial charge in [-0.2, -0.15) is 0 Å². The molecule has 0 unspecified atom stereocenters. The summed E-state index contributed by atoms with van der Waals surface area (Å²) < 4.78 is 1.45. The molecule has 25 heavy (non-hydrogen) atoms. The molecule has 0 radical (unpaired) electrons. The highest BCUT2D eigenvalue weighted by molar-refractivity contribution is 7.18. The van der Waals surface area contributed by atoms with E-state index in [2.05, 4.69) is 24.1 Å². The van der Waals surface area contributed by atoms with E-state index in [-0.39, 0.29) is 18.0 Å². The number of amides is 1. The van der Waals surface area contributed by atoms with E-state index in [4.69, 9.17) is 0 Å². The number of aromatic nitrogens is 2. The van der Waals surface area contributed by atoms with Crippen LogP contribution in [-0.4, -0.2) is 22.0 Å². The minimum atomic E-state index is -0.113. The summed E-state index contributed by atoms with van der Waals surface area (Å²) >= 11 is 1.64. The van der Waals surface area contributed by atoms with E-state index < -0.39 is 0 Å². The Hall–Kier alpha value is -1.69. The van der Waals surface area contributed by atoms with Gasteiger partial charge >= 0.3 is 0 Å². The van der Waals surface area contributed by atoms with E-state index in [1.807, 2.05) is 0 Å². The van der Waals surface area contributed by atoms with Crippen molar-refractivity contribution in [2.45, 2.75) is 65.3 Å². The summed E-state index contributed by atoms with van der Waals surface area (Å²) in [5, 5.41) is 3.64. The Morgan fingerprint density at radius 2 is 2.24 bits per heavy atom. The topological polar surface area (TPSA) is 64.0 Å². The van der Waals surface area contributed by atoms with Crippen molar-refractivity contribution in [3.8, 4) is 0 Å². The third-order valence-corrected chi connectivity index (χ3v) is 6.11. The average molecular weight is 362 g/mol. The fraction of sp³-hybridized carbons (Fsp3) is 0.632. The molecule has 0 aliphatic heterocycles. The van der Waals surface area contributed by atoms with Crippen LogP contribution in [-0.2, 0) is 24.2 Å². The highest BCUT2D eigenvalue weighted by Crippen LogP contribution is 2.35. The standard InChI is InChI=1S/C19H27N3O2S/c1-3-4-5-6-9-20-16(23)11-22-12-21-18-17(19(22)24)14-8-7-13(2)10-15(14)25-18/h12-13H,3-11H2,1-2H3,(H,20,23)/t13-/m1/s1. The Morgan fingerprint density at radius 1 is 1.40 bits per heavy atom. The maximum Gasteiger partial charge on any atom is 0.262 e. The fourth-order valence-corrected chi connectivity index (χ4v) is 4.81. The van der Waals surface area contributed by atoms with Crippen LogP contribution in [0.3, 0.4) is 0 Å². The predicted molar refractivity (Wildman–Crippen MR) is 102 cm³/mol. The number of fused-ring (bicyclic) bond motifs is 3. The second kappa shape index (κ2) is 8.13. The smallest absolute Gasteiger partial charge is 0.262 e. The van der Waals surface area contributed by atoms with E-state index in [0.29, 0.717) is 12.5 Å². The van der Waals surface area contributed by atoms with E-state index in [1.165, 1.54) is 34.2 Å². The summed E-state index contributed by atoms with van der Waals surface area (Å²) in [5.41, 5.74) is 1.10. The van der Waals surface area contributed by atoms with Crippen molar-refractivity contribution in [2.75, 3.05) is 6.54 Å². The molecule has 0 fully saturated rings. The summed E-state index contributed by atoms with van der Waals surface area (Å²) in [4.78, 5) is 31.5. The zero-order valence-corrected chi connectivity index (χ0v) is 16.0. The molecule has 1 aliphatic carbocycles. The molecule has 1 N–H and O–H groups in total. The number of carbonyl (C=O) groups is 1. The molecule has 0 spiro atoms. The first-order valence-electron chi connectivity index (χ1n) is 9.36. The molecule has 3 rings (SSSR count). The number of carbonyl (C=O) groups excluding carboxylic acids is 1. The number of nitrogens with one attached hydrogen (secondary N) is 1. The number of rotatable bonds is 7. The number of nitrogens with zero attached hydrogens (tertiary/aromatic N) is 2. The number of hydrogen-bond acceptors (Lipinski definition) is 4. The minimum Gasteiger partial charge on any atom is -0.355 e. The zero-order valence-electron chi connectivity index (χ0n) is 15.1. The number of thiophene rings is 1. The molecule has 1 atom stereocenters. The van der Waals surface area contributed by atoms with Crippen molar-refractivity contribution >= 4 is 27.5 Å². The van der Waals surface area contributed by atoms with Gasteiger partial charge in [0.25, 0.3) is 5.56 Å². The van der Waals surface area contributed by atoms with Crippen molar-refractivity contribution in [2.24, 2.45) is 5.92 Å². The van der Waals surface area contributed by atoms with E-state index in [0.717, 1.165) is 42.3 Å². The Balaban J connectivity index is 1.71. The van der Waals surface area contributed by atoms with Gasteiger partial charge in [0.15, 0.2) is 0 Å². The highest BCUT2D eigenvalue weighted by Gasteiger charge is 2.23. The zero-order chi connectivity index (χ0) is 17.8. The van der Waals surface area contributed by atoms with Gasteiger partial charge in [0.2, 0.25) is 5.91 Å². The minimum absolute atomic E-state index is 0.0522. The van der Waals surface area contributed by atoms with E-state index in [1.54, 1.807) is 11.3 Å². The summed E-state index contributed by atoms with van der Waals surface area (Å²) in [6.07, 6.45) is 9.11. The fourth-order valence-electron chi connectivity index (χ4n) is 3.47. The number of unbranched alkanes of at least 4 members (excludes halogenated alkanes) is 3. The Bertz CT molecular complexity index is 809. The monoisotopic (exact) mass is 361 g/mol. The van der Waals surface area contributed by atoms with E-state index >= 15 is 0 Å². The maximum atomic E-state index is 12.8. The lowest BCUT2D eigenvalue weighted by molar-refractivity contribution is -0.121. The lowest BCUT2D eigenvalue weighted by atomic mass is 9.89. The normalized spacial score (nSPS) is 16.8. The van der Waals surface area contributed by atoms with Gasteiger partial charge in [-0.05, 0) is 37.2 Å². The van der Waals surface area contributed by atoms with Crippen LogP contribution in [0.15, 0.2) is 11.1 Å². The van der Waals surface area contributed by atoms with Gasteiger partial charge in [-0.1, -0.05) is 33.1 Å². The molecular weight excluding hydrogens is 334 g/mol. The second-order valence-corrected chi connectivity index (χ2v) is 8.20. The highest BCUT2D eigenvalue weighted by atomic mass is 32.1. The van der Waals surface area contributed by atoms with Crippen molar-refractivity contribution in [1.82, 2.24) is 14.9 Å². The van der Waals surface area contributed by atoms with Gasteiger partial charge in [-0.25, -0.2) is 4.98 Å². The van der Waals surface area contributed by atoms with Crippen molar-refractivity contribution in [1.29, 1.82) is 0 Å². The summed E-state index contributed by atoms with van der Waals surface area (Å²) in [7, 11) is 0. The summed E-state index contributed by atoms with van der Waals surface area (Å²) in [6.45, 7) is 5.15. The third kappa shape index (κ3) is 4.11. The largest absolute Gasteiger partial charge is 0.355 e. The molecule has 5 nitrogen and oxygen atoms in total. The van der Waals surface area contributed by atoms with Crippen LogP contribution in [0, 0.1) is 5.92 Å². The van der Waals surface area contributed by atoms with Crippen molar-refractivity contribution < 1.29 is 4.79 Å². The molecule has 2 aromatic rings. The van der Waals surface area contributed by atoms with Gasteiger partial charge in [0, 0.05) is 11.4 Å². The van der Waals surface area contributed by atoms with Crippen LogP contribution in [0.4, 0.5) is 0 Å². The molecule has 136 valence electrons.